The number of amides is 1. The van der Waals surface area contributed by atoms with Gasteiger partial charge in [0.2, 0.25) is 5.82 Å². The van der Waals surface area contributed by atoms with Crippen molar-refractivity contribution in [2.24, 2.45) is 0 Å². The Bertz CT molecular complexity index is 753. The molecule has 0 fully saturated rings. The third-order valence-electron chi connectivity index (χ3n) is 2.75. The Labute approximate surface area is 119 Å². The molecule has 0 aliphatic heterocycles. The first kappa shape index (κ1) is 12.8. The second-order valence-electron chi connectivity index (χ2n) is 4.17. The smallest absolute Gasteiger partial charge is 0.409 e. The lowest BCUT2D eigenvalue weighted by atomic mass is 10.2. The molecule has 0 radical (unpaired) electrons. The van der Waals surface area contributed by atoms with Gasteiger partial charge in [0, 0.05) is 29.2 Å². The second kappa shape index (κ2) is 5.41. The maximum Gasteiger partial charge on any atom is 0.409 e. The van der Waals surface area contributed by atoms with Gasteiger partial charge in [0.15, 0.2) is 0 Å². The van der Waals surface area contributed by atoms with Crippen molar-refractivity contribution in [3.63, 3.8) is 0 Å². The number of aromatic nitrogens is 3. The summed E-state index contributed by atoms with van der Waals surface area (Å²) in [5.74, 6) is 0.837. The monoisotopic (exact) mass is 282 g/mol. The number of rotatable bonds is 3. The Morgan fingerprint density at radius 2 is 1.76 bits per heavy atom. The lowest BCUT2D eigenvalue weighted by molar-refractivity contribution is 0.210. The molecule has 0 aliphatic carbocycles. The molecule has 0 aliphatic rings. The third-order valence-corrected chi connectivity index (χ3v) is 2.75. The number of anilines is 1. The van der Waals surface area contributed by atoms with Crippen LogP contribution in [-0.2, 0) is 0 Å². The Morgan fingerprint density at radius 3 is 2.43 bits per heavy atom. The molecule has 1 aromatic carbocycles. The predicted octanol–water partition coefficient (Wildman–Crippen LogP) is 2.89. The Morgan fingerprint density at radius 1 is 1.05 bits per heavy atom. The molecule has 1 amide bonds. The topological polar surface area (TPSA) is 101 Å². The highest BCUT2D eigenvalue weighted by molar-refractivity contribution is 5.83. The number of pyridine rings is 1. The van der Waals surface area contributed by atoms with Crippen LogP contribution in [0.2, 0.25) is 0 Å². The summed E-state index contributed by atoms with van der Waals surface area (Å²) < 4.78 is 5.20. The molecule has 0 saturated heterocycles. The minimum atomic E-state index is -1.11. The predicted molar refractivity (Wildman–Crippen MR) is 74.6 cm³/mol. The van der Waals surface area contributed by atoms with Crippen molar-refractivity contribution >= 4 is 11.8 Å². The molecule has 2 heterocycles. The van der Waals surface area contributed by atoms with Crippen molar-refractivity contribution < 1.29 is 14.4 Å². The molecule has 7 heteroatoms. The van der Waals surface area contributed by atoms with E-state index >= 15 is 0 Å². The summed E-state index contributed by atoms with van der Waals surface area (Å²) in [5, 5.41) is 14.8. The van der Waals surface area contributed by atoms with Gasteiger partial charge in [0.25, 0.3) is 5.89 Å². The minimum Gasteiger partial charge on any atom is -0.465 e. The zero-order valence-corrected chi connectivity index (χ0v) is 10.7. The van der Waals surface area contributed by atoms with E-state index in [1.807, 2.05) is 0 Å². The quantitative estimate of drug-likeness (QED) is 0.766. The summed E-state index contributed by atoms with van der Waals surface area (Å²) in [7, 11) is 0. The minimum absolute atomic E-state index is 0.403. The Balaban J connectivity index is 1.85. The fourth-order valence-corrected chi connectivity index (χ4v) is 1.78. The normalized spacial score (nSPS) is 10.3. The highest BCUT2D eigenvalue weighted by Crippen LogP contribution is 2.22. The van der Waals surface area contributed by atoms with Crippen LogP contribution in [0.15, 0.2) is 53.3 Å². The van der Waals surface area contributed by atoms with Gasteiger partial charge in [-0.2, -0.15) is 4.98 Å². The van der Waals surface area contributed by atoms with Crippen LogP contribution in [0.4, 0.5) is 10.5 Å². The molecule has 0 bridgehead atoms. The summed E-state index contributed by atoms with van der Waals surface area (Å²) in [6.45, 7) is 0. The van der Waals surface area contributed by atoms with Gasteiger partial charge in [-0.1, -0.05) is 5.16 Å². The van der Waals surface area contributed by atoms with Crippen molar-refractivity contribution in [1.29, 1.82) is 0 Å². The van der Waals surface area contributed by atoms with Crippen LogP contribution in [0, 0.1) is 0 Å². The van der Waals surface area contributed by atoms with Crippen molar-refractivity contribution in [3.05, 3.63) is 48.8 Å². The molecule has 0 saturated carbocycles. The summed E-state index contributed by atoms with van der Waals surface area (Å²) >= 11 is 0. The number of nitrogens with one attached hydrogen (secondary N) is 1. The number of benzene rings is 1. The van der Waals surface area contributed by atoms with Crippen molar-refractivity contribution in [3.8, 4) is 22.8 Å². The number of hydrogen-bond donors (Lipinski definition) is 2. The van der Waals surface area contributed by atoms with Crippen LogP contribution in [0.1, 0.15) is 0 Å². The summed E-state index contributed by atoms with van der Waals surface area (Å²) in [4.78, 5) is 18.8. The van der Waals surface area contributed by atoms with E-state index in [4.69, 9.17) is 9.63 Å². The first-order chi connectivity index (χ1) is 10.2. The molecular weight excluding hydrogens is 272 g/mol. The highest BCUT2D eigenvalue weighted by Gasteiger charge is 2.10. The molecule has 7 nitrogen and oxygen atoms in total. The standard InChI is InChI=1S/C14H10N4O3/c19-14(20)16-11-3-1-9(2-4-11)12-17-13(21-18-12)10-5-7-15-8-6-10/h1-8,16H,(H,19,20). The summed E-state index contributed by atoms with van der Waals surface area (Å²) in [5.41, 5.74) is 1.99. The van der Waals surface area contributed by atoms with Crippen LogP contribution in [0.5, 0.6) is 0 Å². The number of carboxylic acid groups (broad SMARTS) is 1. The lowest BCUT2D eigenvalue weighted by Crippen LogP contribution is -2.06. The molecule has 2 aromatic heterocycles. The first-order valence-electron chi connectivity index (χ1n) is 6.07. The Kier molecular flexibility index (Phi) is 3.30. The molecule has 3 aromatic rings. The van der Waals surface area contributed by atoms with E-state index in [-0.39, 0.29) is 0 Å². The van der Waals surface area contributed by atoms with Crippen LogP contribution < -0.4 is 5.32 Å². The van der Waals surface area contributed by atoms with Gasteiger partial charge in [-0.3, -0.25) is 10.3 Å². The van der Waals surface area contributed by atoms with E-state index in [0.29, 0.717) is 17.4 Å². The first-order valence-corrected chi connectivity index (χ1v) is 6.07. The largest absolute Gasteiger partial charge is 0.465 e. The van der Waals surface area contributed by atoms with Crippen molar-refractivity contribution in [1.82, 2.24) is 15.1 Å². The average molecular weight is 282 g/mol. The number of carbonyl (C=O) groups is 1. The molecule has 0 atom stereocenters. The number of nitrogens with zero attached hydrogens (tertiary/aromatic N) is 3. The van der Waals surface area contributed by atoms with E-state index in [1.165, 1.54) is 0 Å². The lowest BCUT2D eigenvalue weighted by Gasteiger charge is -2.00. The maximum absolute atomic E-state index is 10.5. The summed E-state index contributed by atoms with van der Waals surface area (Å²) in [6.07, 6.45) is 2.18. The van der Waals surface area contributed by atoms with Gasteiger partial charge in [0.05, 0.1) is 0 Å². The Hall–Kier alpha value is -3.22. The fourth-order valence-electron chi connectivity index (χ4n) is 1.78. The van der Waals surface area contributed by atoms with E-state index in [0.717, 1.165) is 11.1 Å². The van der Waals surface area contributed by atoms with Crippen LogP contribution in [-0.4, -0.2) is 26.3 Å². The van der Waals surface area contributed by atoms with Gasteiger partial charge in [0.1, 0.15) is 0 Å². The third kappa shape index (κ3) is 2.86. The maximum atomic E-state index is 10.5. The van der Waals surface area contributed by atoms with E-state index in [9.17, 15) is 4.79 Å². The van der Waals surface area contributed by atoms with Crippen LogP contribution in [0.25, 0.3) is 22.8 Å². The van der Waals surface area contributed by atoms with Crippen LogP contribution >= 0.6 is 0 Å². The molecule has 21 heavy (non-hydrogen) atoms. The molecule has 0 unspecified atom stereocenters. The van der Waals surface area contributed by atoms with Gasteiger partial charge >= 0.3 is 6.09 Å². The van der Waals surface area contributed by atoms with Gasteiger partial charge in [-0.05, 0) is 36.4 Å². The van der Waals surface area contributed by atoms with Gasteiger partial charge in [-0.25, -0.2) is 4.79 Å². The van der Waals surface area contributed by atoms with Crippen molar-refractivity contribution in [2.75, 3.05) is 5.32 Å². The average Bonchev–Trinajstić information content (AvgIpc) is 2.98. The van der Waals surface area contributed by atoms with Crippen molar-refractivity contribution in [2.45, 2.75) is 0 Å². The van der Waals surface area contributed by atoms with E-state index in [2.05, 4.69) is 20.4 Å². The molecule has 104 valence electrons. The van der Waals surface area contributed by atoms with Gasteiger partial charge < -0.3 is 9.63 Å². The summed E-state index contributed by atoms with van der Waals surface area (Å²) in [6, 6.07) is 10.2. The zero-order valence-electron chi connectivity index (χ0n) is 10.7. The molecule has 0 spiro atoms. The van der Waals surface area contributed by atoms with Gasteiger partial charge in [-0.15, -0.1) is 0 Å². The second-order valence-corrected chi connectivity index (χ2v) is 4.17. The fraction of sp³-hybridized carbons (Fsp3) is 0. The SMILES string of the molecule is O=C(O)Nc1ccc(-c2noc(-c3ccncc3)n2)cc1. The molecule has 2 N–H and O–H groups in total. The van der Waals surface area contributed by atoms with Crippen LogP contribution in [0.3, 0.4) is 0 Å². The zero-order chi connectivity index (χ0) is 14.7. The number of hydrogen-bond acceptors (Lipinski definition) is 5. The molecule has 3 rings (SSSR count). The van der Waals surface area contributed by atoms with E-state index in [1.54, 1.807) is 48.8 Å². The van der Waals surface area contributed by atoms with E-state index < -0.39 is 6.09 Å². The highest BCUT2D eigenvalue weighted by atomic mass is 16.5. The molecular formula is C14H10N4O3.